The van der Waals surface area contributed by atoms with Gasteiger partial charge in [-0.05, 0) is 79.6 Å². The first kappa shape index (κ1) is 42.0. The van der Waals surface area contributed by atoms with Crippen molar-refractivity contribution in [1.29, 1.82) is 5.41 Å². The molecule has 6 heterocycles. The van der Waals surface area contributed by atoms with Crippen LogP contribution < -0.4 is 26.2 Å². The van der Waals surface area contributed by atoms with Crippen LogP contribution in [0.4, 0.5) is 20.2 Å². The molecule has 62 heavy (non-hydrogen) atoms. The van der Waals surface area contributed by atoms with Crippen molar-refractivity contribution in [1.82, 2.24) is 40.5 Å². The third kappa shape index (κ3) is 8.71. The third-order valence-corrected chi connectivity index (χ3v) is 12.2. The summed E-state index contributed by atoms with van der Waals surface area (Å²) in [5.41, 5.74) is 5.14. The van der Waals surface area contributed by atoms with E-state index in [2.05, 4.69) is 31.3 Å². The number of alkyl halides is 2. The quantitative estimate of drug-likeness (QED) is 0.0883. The number of aromatic nitrogens is 3. The number of hydrogen-bond acceptors (Lipinski definition) is 10. The fourth-order valence-corrected chi connectivity index (χ4v) is 8.82. The number of rotatable bonds is 10. The number of benzene rings is 2. The van der Waals surface area contributed by atoms with Crippen molar-refractivity contribution < 1.29 is 32.8 Å². The predicted octanol–water partition coefficient (Wildman–Crippen LogP) is 4.04. The number of imide groups is 1. The number of nitrogens with one attached hydrogen (secondary N) is 5. The second-order valence-corrected chi connectivity index (χ2v) is 16.2. The molecule has 2 aromatic carbocycles. The Kier molecular flexibility index (Phi) is 12.0. The number of likely N-dealkylation sites (tertiary alicyclic amines) is 1. The molecule has 2 fully saturated rings. The second kappa shape index (κ2) is 17.7. The normalized spacial score (nSPS) is 18.5. The molecule has 1 atom stereocenters. The van der Waals surface area contributed by atoms with Gasteiger partial charge in [0.1, 0.15) is 11.9 Å². The number of fused-ring (bicyclic) bond motifs is 2. The molecule has 4 aromatic rings. The van der Waals surface area contributed by atoms with E-state index >= 15 is 0 Å². The summed E-state index contributed by atoms with van der Waals surface area (Å²) >= 11 is 0. The summed E-state index contributed by atoms with van der Waals surface area (Å²) in [6.07, 6.45) is 5.67. The lowest BCUT2D eigenvalue weighted by Gasteiger charge is -2.39. The Balaban J connectivity index is 0.925. The zero-order valence-electron chi connectivity index (χ0n) is 34.6. The highest BCUT2D eigenvalue weighted by molar-refractivity contribution is 6.11. The number of carbonyl (C=O) groups is 5. The van der Waals surface area contributed by atoms with Gasteiger partial charge >= 0.3 is 0 Å². The number of amidine groups is 1. The largest absolute Gasteiger partial charge is 0.385 e. The third-order valence-electron chi connectivity index (χ3n) is 12.2. The molecular weight excluding hydrogens is 801 g/mol. The fraction of sp³-hybridized carbons (Fsp3) is 0.409. The van der Waals surface area contributed by atoms with Crippen LogP contribution in [-0.4, -0.2) is 111 Å². The summed E-state index contributed by atoms with van der Waals surface area (Å²) in [5.74, 6) is -1.45. The Labute approximate surface area is 356 Å². The van der Waals surface area contributed by atoms with Crippen molar-refractivity contribution in [2.24, 2.45) is 7.05 Å². The maximum atomic E-state index is 14.6. The van der Waals surface area contributed by atoms with Gasteiger partial charge in [0.15, 0.2) is 0 Å². The van der Waals surface area contributed by atoms with E-state index in [4.69, 9.17) is 0 Å². The summed E-state index contributed by atoms with van der Waals surface area (Å²) in [6.45, 7) is 3.67. The highest BCUT2D eigenvalue weighted by Gasteiger charge is 2.33. The lowest BCUT2D eigenvalue weighted by molar-refractivity contribution is -0.135. The average molecular weight is 850 g/mol. The SMILES string of the molecule is CC(=O)N1CCC(NC2CCN(C(=O)CNc3ccc(C(=O)NC4CCC(=O)NC4=O)c4ncccc34)CC2)=C(C(=N)N2CCCc3cc(-c4cnn(C)c4)c(C(F)F)cc32)C1. The van der Waals surface area contributed by atoms with Crippen molar-refractivity contribution in [3.05, 3.63) is 82.9 Å². The van der Waals surface area contributed by atoms with Gasteiger partial charge < -0.3 is 30.7 Å². The van der Waals surface area contributed by atoms with Crippen molar-refractivity contribution in [2.45, 2.75) is 70.4 Å². The van der Waals surface area contributed by atoms with Gasteiger partial charge in [-0.15, -0.1) is 0 Å². The van der Waals surface area contributed by atoms with E-state index < -0.39 is 24.3 Å². The van der Waals surface area contributed by atoms with Crippen LogP contribution in [0.3, 0.4) is 0 Å². The first-order chi connectivity index (χ1) is 29.8. The molecule has 4 aliphatic heterocycles. The Bertz CT molecular complexity index is 2500. The Hall–Kier alpha value is -6.72. The summed E-state index contributed by atoms with van der Waals surface area (Å²) in [5, 5.41) is 26.2. The molecule has 324 valence electrons. The maximum Gasteiger partial charge on any atom is 0.264 e. The molecule has 16 nitrogen and oxygen atoms in total. The lowest BCUT2D eigenvalue weighted by Crippen LogP contribution is -2.52. The van der Waals surface area contributed by atoms with Gasteiger partial charge in [-0.2, -0.15) is 5.10 Å². The van der Waals surface area contributed by atoms with Gasteiger partial charge in [0.2, 0.25) is 23.6 Å². The molecule has 0 radical (unpaired) electrons. The number of nitrogens with zero attached hydrogens (tertiary/aromatic N) is 6. The lowest BCUT2D eigenvalue weighted by atomic mass is 9.92. The molecule has 5 amide bonds. The molecule has 0 bridgehead atoms. The molecule has 0 spiro atoms. The zero-order valence-corrected chi connectivity index (χ0v) is 34.6. The van der Waals surface area contributed by atoms with Gasteiger partial charge in [0, 0.05) is 111 Å². The average Bonchev–Trinajstić information content (AvgIpc) is 3.71. The number of amides is 5. The number of aryl methyl sites for hydroxylation is 2. The van der Waals surface area contributed by atoms with Gasteiger partial charge in [-0.25, -0.2) is 8.78 Å². The molecule has 8 rings (SSSR count). The van der Waals surface area contributed by atoms with Crippen LogP contribution >= 0.6 is 0 Å². The standard InChI is InChI=1S/C44H49F2N11O5/c1-25(58)56-18-13-35(33(24-56)42(47)57-15-4-5-26-19-31(27-21-50-54(2)23-27)32(41(45)46)20-37(26)57)51-28-11-16-55(17-12-28)39(60)22-49-34-8-7-30(40-29(34)6-3-14-48-40)43(61)52-36-9-10-38(59)53-44(36)62/h3,6-8,14,19-21,23,28,36,41,47,49,51H,4-5,9-13,15-18,22,24H2,1-2H3,(H,52,61)(H,53,59,62). The smallest absolute Gasteiger partial charge is 0.264 e. The van der Waals surface area contributed by atoms with Crippen molar-refractivity contribution >= 4 is 57.6 Å². The molecule has 1 unspecified atom stereocenters. The van der Waals surface area contributed by atoms with Gasteiger partial charge in [0.25, 0.3) is 12.3 Å². The number of carbonyl (C=O) groups excluding carboxylic acids is 5. The maximum absolute atomic E-state index is 14.6. The van der Waals surface area contributed by atoms with Gasteiger partial charge in [0.05, 0.1) is 30.4 Å². The minimum atomic E-state index is -2.74. The molecule has 4 aliphatic rings. The molecule has 5 N–H and O–H groups in total. The summed E-state index contributed by atoms with van der Waals surface area (Å²) in [6, 6.07) is 9.30. The monoisotopic (exact) mass is 849 g/mol. The number of anilines is 2. The Morgan fingerprint density at radius 2 is 1.81 bits per heavy atom. The summed E-state index contributed by atoms with van der Waals surface area (Å²) in [4.78, 5) is 72.8. The van der Waals surface area contributed by atoms with E-state index in [0.29, 0.717) is 90.8 Å². The van der Waals surface area contributed by atoms with Crippen molar-refractivity contribution in [3.8, 4) is 11.1 Å². The first-order valence-corrected chi connectivity index (χ1v) is 20.9. The van der Waals surface area contributed by atoms with Crippen LogP contribution in [0.25, 0.3) is 22.0 Å². The summed E-state index contributed by atoms with van der Waals surface area (Å²) < 4.78 is 30.8. The van der Waals surface area contributed by atoms with E-state index in [1.165, 1.54) is 13.0 Å². The van der Waals surface area contributed by atoms with Crippen LogP contribution in [0.1, 0.15) is 73.4 Å². The van der Waals surface area contributed by atoms with E-state index in [0.717, 1.165) is 17.7 Å². The minimum Gasteiger partial charge on any atom is -0.385 e. The van der Waals surface area contributed by atoms with E-state index in [1.807, 2.05) is 0 Å². The highest BCUT2D eigenvalue weighted by atomic mass is 19.3. The van der Waals surface area contributed by atoms with Crippen LogP contribution in [0, 0.1) is 5.41 Å². The second-order valence-electron chi connectivity index (χ2n) is 16.2. The number of halogens is 2. The highest BCUT2D eigenvalue weighted by Crippen LogP contribution is 2.40. The Morgan fingerprint density at radius 1 is 1.00 bits per heavy atom. The molecule has 2 aromatic heterocycles. The number of piperidine rings is 2. The van der Waals surface area contributed by atoms with Gasteiger partial charge in [-0.3, -0.25) is 44.4 Å². The number of hydrogen-bond donors (Lipinski definition) is 5. The van der Waals surface area contributed by atoms with Crippen LogP contribution in [0.5, 0.6) is 0 Å². The van der Waals surface area contributed by atoms with Crippen LogP contribution in [0.15, 0.2) is 66.3 Å². The van der Waals surface area contributed by atoms with E-state index in [-0.39, 0.29) is 66.7 Å². The predicted molar refractivity (Wildman–Crippen MR) is 227 cm³/mol. The van der Waals surface area contributed by atoms with Crippen molar-refractivity contribution in [2.75, 3.05) is 49.5 Å². The minimum absolute atomic E-state index is 0.00341. The molecule has 2 saturated heterocycles. The van der Waals surface area contributed by atoms with Gasteiger partial charge in [-0.1, -0.05) is 0 Å². The van der Waals surface area contributed by atoms with E-state index in [9.17, 15) is 38.2 Å². The van der Waals surface area contributed by atoms with Crippen molar-refractivity contribution in [3.63, 3.8) is 0 Å². The van der Waals surface area contributed by atoms with Crippen LogP contribution in [-0.2, 0) is 32.6 Å². The topological polar surface area (TPSA) is 198 Å². The molecule has 18 heteroatoms. The zero-order chi connectivity index (χ0) is 43.7. The van der Waals surface area contributed by atoms with Crippen LogP contribution in [0.2, 0.25) is 0 Å². The summed E-state index contributed by atoms with van der Waals surface area (Å²) in [7, 11) is 1.74. The van der Waals surface area contributed by atoms with E-state index in [1.54, 1.807) is 75.4 Å². The molecule has 0 saturated carbocycles. The first-order valence-electron chi connectivity index (χ1n) is 20.9. The fourth-order valence-electron chi connectivity index (χ4n) is 8.82. The molecular formula is C44H49F2N11O5. The molecule has 0 aliphatic carbocycles. The number of pyridine rings is 1. The Morgan fingerprint density at radius 3 is 2.53 bits per heavy atom.